The molecule has 106 valence electrons. The van der Waals surface area contributed by atoms with E-state index < -0.39 is 0 Å². The summed E-state index contributed by atoms with van der Waals surface area (Å²) in [5, 5.41) is 7.23. The average Bonchev–Trinajstić information content (AvgIpc) is 2.89. The van der Waals surface area contributed by atoms with Gasteiger partial charge in [-0.25, -0.2) is 0 Å². The van der Waals surface area contributed by atoms with Crippen LogP contribution in [0.1, 0.15) is 12.5 Å². The molecule has 4 nitrogen and oxygen atoms in total. The molecule has 0 spiro atoms. The van der Waals surface area contributed by atoms with Gasteiger partial charge in [0.1, 0.15) is 0 Å². The Bertz CT molecular complexity index is 823. The van der Waals surface area contributed by atoms with Gasteiger partial charge < -0.3 is 0 Å². The normalized spacial score (nSPS) is 10.8. The van der Waals surface area contributed by atoms with E-state index in [0.29, 0.717) is 4.77 Å². The van der Waals surface area contributed by atoms with Crippen LogP contribution >= 0.6 is 28.1 Å². The SMILES string of the molecule is CCc1cc(Br)ccc1-n1c(-c2cccnc2)n[nH]c1=S. The van der Waals surface area contributed by atoms with Gasteiger partial charge in [-0.05, 0) is 54.5 Å². The van der Waals surface area contributed by atoms with Crippen molar-refractivity contribution in [2.24, 2.45) is 0 Å². The maximum Gasteiger partial charge on any atom is 0.200 e. The van der Waals surface area contributed by atoms with Crippen LogP contribution in [-0.4, -0.2) is 19.7 Å². The van der Waals surface area contributed by atoms with E-state index in [4.69, 9.17) is 12.2 Å². The summed E-state index contributed by atoms with van der Waals surface area (Å²) in [7, 11) is 0. The van der Waals surface area contributed by atoms with E-state index in [0.717, 1.165) is 28.0 Å². The summed E-state index contributed by atoms with van der Waals surface area (Å²) in [5.41, 5.74) is 3.17. The molecule has 0 fully saturated rings. The van der Waals surface area contributed by atoms with Crippen LogP contribution in [0.3, 0.4) is 0 Å². The number of hydrogen-bond acceptors (Lipinski definition) is 3. The highest BCUT2D eigenvalue weighted by atomic mass is 79.9. The summed E-state index contributed by atoms with van der Waals surface area (Å²) in [6.45, 7) is 2.12. The van der Waals surface area contributed by atoms with Gasteiger partial charge in [-0.2, -0.15) is 5.10 Å². The monoisotopic (exact) mass is 360 g/mol. The Hall–Kier alpha value is -1.79. The van der Waals surface area contributed by atoms with Crippen molar-refractivity contribution in [2.75, 3.05) is 0 Å². The van der Waals surface area contributed by atoms with Crippen molar-refractivity contribution < 1.29 is 0 Å². The summed E-state index contributed by atoms with van der Waals surface area (Å²) in [6, 6.07) is 10.0. The Labute approximate surface area is 136 Å². The maximum absolute atomic E-state index is 5.41. The van der Waals surface area contributed by atoms with Crippen molar-refractivity contribution in [3.63, 3.8) is 0 Å². The molecule has 1 aromatic carbocycles. The highest BCUT2D eigenvalue weighted by Gasteiger charge is 2.13. The van der Waals surface area contributed by atoms with E-state index in [1.54, 1.807) is 12.4 Å². The van der Waals surface area contributed by atoms with Crippen molar-refractivity contribution in [1.29, 1.82) is 0 Å². The molecule has 2 aromatic heterocycles. The molecular formula is C15H13BrN4S. The van der Waals surface area contributed by atoms with Crippen molar-refractivity contribution >= 4 is 28.1 Å². The fourth-order valence-corrected chi connectivity index (χ4v) is 2.90. The molecule has 21 heavy (non-hydrogen) atoms. The van der Waals surface area contributed by atoms with Crippen molar-refractivity contribution in [3.8, 4) is 17.1 Å². The van der Waals surface area contributed by atoms with E-state index >= 15 is 0 Å². The number of H-pyrrole nitrogens is 1. The van der Waals surface area contributed by atoms with E-state index in [1.807, 2.05) is 28.8 Å². The molecule has 0 saturated carbocycles. The van der Waals surface area contributed by atoms with Crippen LogP contribution in [0, 0.1) is 4.77 Å². The molecule has 0 aliphatic carbocycles. The predicted octanol–water partition coefficient (Wildman–Crippen LogP) is 4.32. The molecule has 3 aromatic rings. The third-order valence-corrected chi connectivity index (χ3v) is 4.02. The Kier molecular flexibility index (Phi) is 3.98. The number of pyridine rings is 1. The van der Waals surface area contributed by atoms with Gasteiger partial charge in [0.05, 0.1) is 5.69 Å². The lowest BCUT2D eigenvalue weighted by Crippen LogP contribution is -2.02. The van der Waals surface area contributed by atoms with Crippen LogP contribution in [0.4, 0.5) is 0 Å². The second-order valence-electron chi connectivity index (χ2n) is 4.56. The first-order valence-electron chi connectivity index (χ1n) is 6.57. The molecule has 1 N–H and O–H groups in total. The van der Waals surface area contributed by atoms with Crippen LogP contribution in [0.25, 0.3) is 17.1 Å². The number of aromatic nitrogens is 4. The lowest BCUT2D eigenvalue weighted by atomic mass is 10.1. The maximum atomic E-state index is 5.41. The number of nitrogens with zero attached hydrogens (tertiary/aromatic N) is 3. The zero-order chi connectivity index (χ0) is 14.8. The van der Waals surface area contributed by atoms with Gasteiger partial charge in [0.2, 0.25) is 0 Å². The molecule has 0 unspecified atom stereocenters. The molecule has 2 heterocycles. The van der Waals surface area contributed by atoms with Crippen LogP contribution in [-0.2, 0) is 6.42 Å². The molecular weight excluding hydrogens is 348 g/mol. The second kappa shape index (κ2) is 5.91. The Morgan fingerprint density at radius 1 is 1.33 bits per heavy atom. The molecule has 6 heteroatoms. The van der Waals surface area contributed by atoms with Gasteiger partial charge >= 0.3 is 0 Å². The van der Waals surface area contributed by atoms with Gasteiger partial charge in [0.25, 0.3) is 0 Å². The van der Waals surface area contributed by atoms with E-state index in [1.165, 1.54) is 5.56 Å². The number of hydrogen-bond donors (Lipinski definition) is 1. The van der Waals surface area contributed by atoms with E-state index in [-0.39, 0.29) is 0 Å². The third kappa shape index (κ3) is 2.69. The lowest BCUT2D eigenvalue weighted by molar-refractivity contribution is 0.989. The fourth-order valence-electron chi connectivity index (χ4n) is 2.26. The number of halogens is 1. The fraction of sp³-hybridized carbons (Fsp3) is 0.133. The summed E-state index contributed by atoms with van der Waals surface area (Å²) < 4.78 is 3.59. The molecule has 3 rings (SSSR count). The summed E-state index contributed by atoms with van der Waals surface area (Å²) in [6.07, 6.45) is 4.44. The van der Waals surface area contributed by atoms with Gasteiger partial charge in [0, 0.05) is 22.4 Å². The third-order valence-electron chi connectivity index (χ3n) is 3.26. The predicted molar refractivity (Wildman–Crippen MR) is 89.1 cm³/mol. The lowest BCUT2D eigenvalue weighted by Gasteiger charge is -2.11. The number of nitrogens with one attached hydrogen (secondary N) is 1. The molecule has 0 bridgehead atoms. The highest BCUT2D eigenvalue weighted by molar-refractivity contribution is 9.10. The van der Waals surface area contributed by atoms with Crippen LogP contribution < -0.4 is 0 Å². The quantitative estimate of drug-likeness (QED) is 0.707. The van der Waals surface area contributed by atoms with Crippen LogP contribution in [0.5, 0.6) is 0 Å². The summed E-state index contributed by atoms with van der Waals surface area (Å²) in [5.74, 6) is 0.769. The Balaban J connectivity index is 2.25. The second-order valence-corrected chi connectivity index (χ2v) is 5.86. The number of benzene rings is 1. The largest absolute Gasteiger partial charge is 0.268 e. The smallest absolute Gasteiger partial charge is 0.200 e. The Morgan fingerprint density at radius 3 is 2.90 bits per heavy atom. The minimum absolute atomic E-state index is 0.575. The molecule has 0 radical (unpaired) electrons. The summed E-state index contributed by atoms with van der Waals surface area (Å²) in [4.78, 5) is 4.15. The summed E-state index contributed by atoms with van der Waals surface area (Å²) >= 11 is 8.92. The highest BCUT2D eigenvalue weighted by Crippen LogP contribution is 2.25. The number of rotatable bonds is 3. The minimum atomic E-state index is 0.575. The van der Waals surface area contributed by atoms with Crippen molar-refractivity contribution in [1.82, 2.24) is 19.7 Å². The number of aromatic amines is 1. The number of aryl methyl sites for hydroxylation is 1. The first-order chi connectivity index (χ1) is 10.2. The van der Waals surface area contributed by atoms with Gasteiger partial charge in [-0.3, -0.25) is 14.6 Å². The van der Waals surface area contributed by atoms with Gasteiger partial charge in [0.15, 0.2) is 10.6 Å². The van der Waals surface area contributed by atoms with E-state index in [9.17, 15) is 0 Å². The molecule has 0 saturated heterocycles. The minimum Gasteiger partial charge on any atom is -0.268 e. The standard InChI is InChI=1S/C15H13BrN4S/c1-2-10-8-12(16)5-6-13(10)20-14(18-19-15(20)21)11-4-3-7-17-9-11/h3-9H,2H2,1H3,(H,19,21). The first-order valence-corrected chi connectivity index (χ1v) is 7.77. The van der Waals surface area contributed by atoms with Gasteiger partial charge in [-0.1, -0.05) is 22.9 Å². The topological polar surface area (TPSA) is 46.5 Å². The molecule has 0 aliphatic heterocycles. The van der Waals surface area contributed by atoms with Crippen molar-refractivity contribution in [3.05, 3.63) is 57.5 Å². The molecule has 0 atom stereocenters. The van der Waals surface area contributed by atoms with E-state index in [2.05, 4.69) is 44.1 Å². The van der Waals surface area contributed by atoms with Crippen LogP contribution in [0.15, 0.2) is 47.2 Å². The molecule has 0 amide bonds. The molecule has 0 aliphatic rings. The van der Waals surface area contributed by atoms with Crippen LogP contribution in [0.2, 0.25) is 0 Å². The first kappa shape index (κ1) is 14.2. The average molecular weight is 361 g/mol. The van der Waals surface area contributed by atoms with Crippen molar-refractivity contribution in [2.45, 2.75) is 13.3 Å². The zero-order valence-electron chi connectivity index (χ0n) is 11.4. The zero-order valence-corrected chi connectivity index (χ0v) is 13.8. The van der Waals surface area contributed by atoms with Gasteiger partial charge in [-0.15, -0.1) is 0 Å². The Morgan fingerprint density at radius 2 is 2.19 bits per heavy atom.